The monoisotopic (exact) mass is 396 g/mol. The van der Waals surface area contributed by atoms with Crippen LogP contribution in [0.4, 0.5) is 4.79 Å². The predicted molar refractivity (Wildman–Crippen MR) is 102 cm³/mol. The summed E-state index contributed by atoms with van der Waals surface area (Å²) in [5, 5.41) is 3.09. The van der Waals surface area contributed by atoms with E-state index < -0.39 is 23.9 Å². The number of alkyl carbamates (subject to hydrolysis) is 1. The first-order valence-corrected chi connectivity index (χ1v) is 9.19. The van der Waals surface area contributed by atoms with E-state index >= 15 is 0 Å². The van der Waals surface area contributed by atoms with Crippen molar-refractivity contribution in [3.63, 3.8) is 0 Å². The van der Waals surface area contributed by atoms with Gasteiger partial charge in [0.2, 0.25) is 0 Å². The second-order valence-electron chi connectivity index (χ2n) is 6.36. The minimum Gasteiger partial charge on any atom is -0.445 e. The predicted octanol–water partition coefficient (Wildman–Crippen LogP) is 2.84. The number of hydrogen-bond acceptors (Lipinski definition) is 6. The normalized spacial score (nSPS) is 12.5. The summed E-state index contributed by atoms with van der Waals surface area (Å²) in [5.41, 5.74) is 1.31. The van der Waals surface area contributed by atoms with Gasteiger partial charge in [-0.1, -0.05) is 47.5 Å². The lowest BCUT2D eigenvalue weighted by Gasteiger charge is -2.12. The van der Waals surface area contributed by atoms with Gasteiger partial charge in [0.1, 0.15) is 6.61 Å². The second kappa shape index (κ2) is 9.50. The molecule has 0 aliphatic carbocycles. The van der Waals surface area contributed by atoms with E-state index in [2.05, 4.69) is 5.32 Å². The van der Waals surface area contributed by atoms with Crippen molar-refractivity contribution in [1.82, 2.24) is 10.4 Å². The number of amides is 3. The number of nitrogens with one attached hydrogen (secondary N) is 1. The van der Waals surface area contributed by atoms with Crippen molar-refractivity contribution in [2.45, 2.75) is 25.9 Å². The van der Waals surface area contributed by atoms with Crippen molar-refractivity contribution in [3.8, 4) is 0 Å². The smallest absolute Gasteiger partial charge is 0.407 e. The number of hydroxylamine groups is 2. The summed E-state index contributed by atoms with van der Waals surface area (Å²) in [6, 6.07) is 15.6. The summed E-state index contributed by atoms with van der Waals surface area (Å²) in [7, 11) is 0. The van der Waals surface area contributed by atoms with E-state index in [9.17, 15) is 19.2 Å². The minimum atomic E-state index is -0.689. The van der Waals surface area contributed by atoms with Crippen LogP contribution in [0.15, 0.2) is 54.6 Å². The maximum Gasteiger partial charge on any atom is 0.407 e. The average molecular weight is 396 g/mol. The molecule has 2 aromatic rings. The number of fused-ring (bicyclic) bond motifs is 1. The average Bonchev–Trinajstić information content (AvgIpc) is 2.98. The van der Waals surface area contributed by atoms with Crippen LogP contribution in [0.3, 0.4) is 0 Å². The molecular formula is C21H20N2O6. The lowest BCUT2D eigenvalue weighted by atomic mass is 10.1. The molecule has 0 radical (unpaired) electrons. The van der Waals surface area contributed by atoms with Crippen LogP contribution in [0.25, 0.3) is 0 Å². The van der Waals surface area contributed by atoms with Gasteiger partial charge in [0.15, 0.2) is 0 Å². The summed E-state index contributed by atoms with van der Waals surface area (Å²) in [4.78, 5) is 52.7. The van der Waals surface area contributed by atoms with E-state index in [-0.39, 0.29) is 24.2 Å². The van der Waals surface area contributed by atoms with Crippen molar-refractivity contribution in [3.05, 3.63) is 71.3 Å². The third-order valence-corrected chi connectivity index (χ3v) is 4.24. The highest BCUT2D eigenvalue weighted by Gasteiger charge is 2.38. The molecule has 3 rings (SSSR count). The van der Waals surface area contributed by atoms with Gasteiger partial charge >= 0.3 is 12.1 Å². The van der Waals surface area contributed by atoms with E-state index in [1.54, 1.807) is 12.1 Å². The highest BCUT2D eigenvalue weighted by molar-refractivity contribution is 6.20. The fraction of sp³-hybridized carbons (Fsp3) is 0.238. The third kappa shape index (κ3) is 5.19. The standard InChI is InChI=1S/C21H20N2O6/c24-18(29-23-19(25)16-10-4-5-11-17(16)20(23)26)12-6-7-13-22-21(27)28-14-15-8-2-1-3-9-15/h1-5,8-11H,6-7,12-14H2,(H,22,27). The SMILES string of the molecule is O=C(CCCCNC(=O)OCc1ccccc1)ON1C(=O)c2ccccc2C1=O. The van der Waals surface area contributed by atoms with Gasteiger partial charge in [-0.15, -0.1) is 0 Å². The van der Waals surface area contributed by atoms with Gasteiger partial charge in [0.25, 0.3) is 11.8 Å². The number of carbonyl (C=O) groups is 4. The number of benzene rings is 2. The molecule has 0 saturated carbocycles. The third-order valence-electron chi connectivity index (χ3n) is 4.24. The molecule has 0 aromatic heterocycles. The molecule has 0 unspecified atom stereocenters. The van der Waals surface area contributed by atoms with Crippen LogP contribution >= 0.6 is 0 Å². The number of ether oxygens (including phenoxy) is 1. The highest BCUT2D eigenvalue weighted by Crippen LogP contribution is 2.22. The Morgan fingerprint density at radius 3 is 2.14 bits per heavy atom. The number of rotatable bonds is 8. The molecule has 8 nitrogen and oxygen atoms in total. The molecule has 2 aromatic carbocycles. The number of hydrogen-bond donors (Lipinski definition) is 1. The largest absolute Gasteiger partial charge is 0.445 e. The molecule has 0 bridgehead atoms. The molecule has 3 amide bonds. The Morgan fingerprint density at radius 1 is 0.862 bits per heavy atom. The maximum atomic E-state index is 12.1. The van der Waals surface area contributed by atoms with Crippen molar-refractivity contribution in [2.24, 2.45) is 0 Å². The molecule has 0 saturated heterocycles. The minimum absolute atomic E-state index is 0.00808. The van der Waals surface area contributed by atoms with Crippen molar-refractivity contribution in [1.29, 1.82) is 0 Å². The van der Waals surface area contributed by atoms with Crippen molar-refractivity contribution >= 4 is 23.9 Å². The first kappa shape index (κ1) is 20.1. The number of nitrogens with zero attached hydrogens (tertiary/aromatic N) is 1. The summed E-state index contributed by atoms with van der Waals surface area (Å²) < 4.78 is 5.08. The van der Waals surface area contributed by atoms with E-state index in [1.807, 2.05) is 30.3 Å². The van der Waals surface area contributed by atoms with Gasteiger partial charge in [-0.2, -0.15) is 0 Å². The molecule has 0 atom stereocenters. The second-order valence-corrected chi connectivity index (χ2v) is 6.36. The Balaban J connectivity index is 1.31. The van der Waals surface area contributed by atoms with E-state index in [0.717, 1.165) is 5.56 Å². The van der Waals surface area contributed by atoms with E-state index in [4.69, 9.17) is 9.57 Å². The Bertz CT molecular complexity index is 877. The van der Waals surface area contributed by atoms with Gasteiger partial charge in [0.05, 0.1) is 11.1 Å². The number of imide groups is 1. The quantitative estimate of drug-likeness (QED) is 0.544. The molecule has 8 heteroatoms. The lowest BCUT2D eigenvalue weighted by Crippen LogP contribution is -2.32. The lowest BCUT2D eigenvalue weighted by molar-refractivity contribution is -0.168. The first-order chi connectivity index (χ1) is 14.1. The number of unbranched alkanes of at least 4 members (excludes halogenated alkanes) is 1. The van der Waals surface area contributed by atoms with Crippen LogP contribution in [-0.4, -0.2) is 35.5 Å². The van der Waals surface area contributed by atoms with Gasteiger partial charge in [-0.25, -0.2) is 9.59 Å². The van der Waals surface area contributed by atoms with Crippen molar-refractivity contribution < 1.29 is 28.8 Å². The fourth-order valence-electron chi connectivity index (χ4n) is 2.76. The molecule has 1 aliphatic rings. The Morgan fingerprint density at radius 2 is 1.48 bits per heavy atom. The van der Waals surface area contributed by atoms with Gasteiger partial charge in [-0.05, 0) is 30.5 Å². The highest BCUT2D eigenvalue weighted by atomic mass is 16.7. The molecule has 0 spiro atoms. The van der Waals surface area contributed by atoms with Gasteiger partial charge in [0, 0.05) is 13.0 Å². The van der Waals surface area contributed by atoms with Crippen LogP contribution in [0, 0.1) is 0 Å². The molecule has 150 valence electrons. The number of carbonyl (C=O) groups excluding carboxylic acids is 4. The summed E-state index contributed by atoms with van der Waals surface area (Å²) in [6.45, 7) is 0.507. The van der Waals surface area contributed by atoms with Crippen LogP contribution in [0.2, 0.25) is 0 Å². The molecule has 1 aliphatic heterocycles. The van der Waals surface area contributed by atoms with Gasteiger partial charge < -0.3 is 14.9 Å². The first-order valence-electron chi connectivity index (χ1n) is 9.19. The van der Waals surface area contributed by atoms with Crippen LogP contribution in [-0.2, 0) is 21.0 Å². The summed E-state index contributed by atoms with van der Waals surface area (Å²) in [5.74, 6) is -1.99. The Labute approximate surface area is 167 Å². The Hall–Kier alpha value is -3.68. The van der Waals surface area contributed by atoms with E-state index in [1.165, 1.54) is 12.1 Å². The Kier molecular flexibility index (Phi) is 6.57. The van der Waals surface area contributed by atoms with Gasteiger partial charge in [-0.3, -0.25) is 9.59 Å². The zero-order chi connectivity index (χ0) is 20.6. The molecular weight excluding hydrogens is 376 g/mol. The summed E-state index contributed by atoms with van der Waals surface area (Å²) in [6.07, 6.45) is 0.398. The van der Waals surface area contributed by atoms with Crippen LogP contribution in [0.5, 0.6) is 0 Å². The van der Waals surface area contributed by atoms with Crippen LogP contribution in [0.1, 0.15) is 45.5 Å². The molecule has 1 N–H and O–H groups in total. The van der Waals surface area contributed by atoms with Crippen molar-refractivity contribution in [2.75, 3.05) is 6.54 Å². The van der Waals surface area contributed by atoms with Crippen LogP contribution < -0.4 is 5.32 Å². The molecule has 1 heterocycles. The fourth-order valence-corrected chi connectivity index (χ4v) is 2.76. The maximum absolute atomic E-state index is 12.1. The zero-order valence-electron chi connectivity index (χ0n) is 15.6. The zero-order valence-corrected chi connectivity index (χ0v) is 15.6. The molecule has 29 heavy (non-hydrogen) atoms. The van der Waals surface area contributed by atoms with E-state index in [0.29, 0.717) is 24.4 Å². The summed E-state index contributed by atoms with van der Waals surface area (Å²) >= 11 is 0. The topological polar surface area (TPSA) is 102 Å². The molecule has 0 fully saturated rings.